The molecule has 2 aliphatic rings. The molecule has 0 atom stereocenters. The van der Waals surface area contributed by atoms with Crippen molar-refractivity contribution in [3.05, 3.63) is 54.1 Å². The Balaban J connectivity index is 1.30. The van der Waals surface area contributed by atoms with E-state index >= 15 is 0 Å². The average Bonchev–Trinajstić information content (AvgIpc) is 2.84. The van der Waals surface area contributed by atoms with E-state index < -0.39 is 10.0 Å². The van der Waals surface area contributed by atoms with Crippen LogP contribution in [-0.4, -0.2) is 69.4 Å². The number of piperazine rings is 1. The number of rotatable bonds is 6. The van der Waals surface area contributed by atoms with Crippen LogP contribution in [0.15, 0.2) is 53.4 Å². The van der Waals surface area contributed by atoms with Crippen molar-refractivity contribution in [3.63, 3.8) is 0 Å². The molecule has 0 aliphatic carbocycles. The van der Waals surface area contributed by atoms with Crippen LogP contribution in [0.4, 0.5) is 5.69 Å². The highest BCUT2D eigenvalue weighted by atomic mass is 32.2. The summed E-state index contributed by atoms with van der Waals surface area (Å²) in [5.74, 6) is 0.711. The highest BCUT2D eigenvalue weighted by Crippen LogP contribution is 2.27. The van der Waals surface area contributed by atoms with Gasteiger partial charge in [0.2, 0.25) is 15.9 Å². The number of benzene rings is 2. The number of sulfonamides is 1. The Labute approximate surface area is 197 Å². The summed E-state index contributed by atoms with van der Waals surface area (Å²) < 4.78 is 32.9. The first-order valence-electron chi connectivity index (χ1n) is 11.7. The molecule has 7 nitrogen and oxygen atoms in total. The van der Waals surface area contributed by atoms with Crippen LogP contribution in [0, 0.1) is 12.8 Å². The number of ether oxygens (including phenoxy) is 1. The van der Waals surface area contributed by atoms with Gasteiger partial charge >= 0.3 is 0 Å². The van der Waals surface area contributed by atoms with Gasteiger partial charge in [-0.2, -0.15) is 4.31 Å². The average molecular weight is 472 g/mol. The van der Waals surface area contributed by atoms with Gasteiger partial charge in [0.25, 0.3) is 0 Å². The molecule has 0 spiro atoms. The largest absolute Gasteiger partial charge is 0.494 e. The van der Waals surface area contributed by atoms with Gasteiger partial charge in [-0.05, 0) is 68.7 Å². The summed E-state index contributed by atoms with van der Waals surface area (Å²) >= 11 is 0. The van der Waals surface area contributed by atoms with Gasteiger partial charge in [0.05, 0.1) is 11.5 Å². The van der Waals surface area contributed by atoms with Crippen molar-refractivity contribution in [1.82, 2.24) is 9.21 Å². The topological polar surface area (TPSA) is 70.2 Å². The minimum Gasteiger partial charge on any atom is -0.494 e. The number of aryl methyl sites for hydroxylation is 1. The van der Waals surface area contributed by atoms with E-state index in [9.17, 15) is 13.2 Å². The first-order chi connectivity index (χ1) is 15.9. The molecule has 2 aliphatic heterocycles. The van der Waals surface area contributed by atoms with Gasteiger partial charge in [0, 0.05) is 50.9 Å². The molecular weight excluding hydrogens is 438 g/mol. The van der Waals surface area contributed by atoms with E-state index in [1.165, 1.54) is 15.6 Å². The van der Waals surface area contributed by atoms with Gasteiger partial charge in [-0.1, -0.05) is 12.1 Å². The summed E-state index contributed by atoms with van der Waals surface area (Å²) in [5.41, 5.74) is 2.44. The molecule has 178 valence electrons. The number of amides is 1. The van der Waals surface area contributed by atoms with Gasteiger partial charge in [-0.25, -0.2) is 8.42 Å². The van der Waals surface area contributed by atoms with Crippen molar-refractivity contribution in [2.75, 3.05) is 50.8 Å². The molecule has 0 saturated carbocycles. The van der Waals surface area contributed by atoms with Crippen molar-refractivity contribution in [2.45, 2.75) is 31.6 Å². The molecule has 0 aromatic heterocycles. The van der Waals surface area contributed by atoms with E-state index in [0.717, 1.165) is 13.1 Å². The minimum atomic E-state index is -3.56. The number of carbonyl (C=O) groups excluding carboxylic acids is 1. The van der Waals surface area contributed by atoms with Crippen LogP contribution < -0.4 is 9.64 Å². The first-order valence-corrected chi connectivity index (χ1v) is 13.2. The number of piperidine rings is 1. The van der Waals surface area contributed by atoms with E-state index in [4.69, 9.17) is 4.74 Å². The van der Waals surface area contributed by atoms with Crippen molar-refractivity contribution in [3.8, 4) is 5.75 Å². The van der Waals surface area contributed by atoms with Gasteiger partial charge in [-0.15, -0.1) is 0 Å². The quantitative estimate of drug-likeness (QED) is 0.647. The van der Waals surface area contributed by atoms with Crippen LogP contribution in [0.5, 0.6) is 5.75 Å². The molecule has 2 saturated heterocycles. The predicted octanol–water partition coefficient (Wildman–Crippen LogP) is 3.14. The second-order valence-electron chi connectivity index (χ2n) is 8.73. The fourth-order valence-corrected chi connectivity index (χ4v) is 6.10. The molecule has 0 N–H and O–H groups in total. The second kappa shape index (κ2) is 10.1. The molecule has 0 unspecified atom stereocenters. The minimum absolute atomic E-state index is 0.109. The molecular formula is C25H33N3O4S. The normalized spacial score (nSPS) is 18.4. The number of anilines is 1. The van der Waals surface area contributed by atoms with E-state index in [1.54, 1.807) is 24.3 Å². The van der Waals surface area contributed by atoms with Gasteiger partial charge in [0.15, 0.2) is 0 Å². The third-order valence-electron chi connectivity index (χ3n) is 6.53. The van der Waals surface area contributed by atoms with Crippen LogP contribution in [0.3, 0.4) is 0 Å². The molecule has 2 aromatic rings. The summed E-state index contributed by atoms with van der Waals surface area (Å²) in [5, 5.41) is 0. The molecule has 0 bridgehead atoms. The summed E-state index contributed by atoms with van der Waals surface area (Å²) in [4.78, 5) is 17.6. The lowest BCUT2D eigenvalue weighted by Crippen LogP contribution is -2.52. The second-order valence-corrected chi connectivity index (χ2v) is 10.7. The summed E-state index contributed by atoms with van der Waals surface area (Å²) in [6.45, 7) is 8.31. The maximum absolute atomic E-state index is 13.1. The first kappa shape index (κ1) is 23.6. The summed E-state index contributed by atoms with van der Waals surface area (Å²) in [6.07, 6.45) is 1.13. The monoisotopic (exact) mass is 471 g/mol. The Kier molecular flexibility index (Phi) is 7.24. The fraction of sp³-hybridized carbons (Fsp3) is 0.480. The highest BCUT2D eigenvalue weighted by Gasteiger charge is 2.34. The molecule has 1 amide bonds. The molecule has 2 aromatic carbocycles. The van der Waals surface area contributed by atoms with Crippen molar-refractivity contribution >= 4 is 21.6 Å². The lowest BCUT2D eigenvalue weighted by Gasteiger charge is -2.39. The zero-order valence-corrected chi connectivity index (χ0v) is 20.3. The Morgan fingerprint density at radius 2 is 1.64 bits per heavy atom. The Bertz CT molecular complexity index is 1060. The van der Waals surface area contributed by atoms with Crippen LogP contribution in [0.25, 0.3) is 0 Å². The van der Waals surface area contributed by atoms with Crippen molar-refractivity contribution in [1.29, 1.82) is 0 Å². The Morgan fingerprint density at radius 3 is 2.24 bits per heavy atom. The molecule has 4 rings (SSSR count). The van der Waals surface area contributed by atoms with Crippen LogP contribution >= 0.6 is 0 Å². The lowest BCUT2D eigenvalue weighted by atomic mass is 9.96. The standard InChI is InChI=1S/C25H33N3O4S/c1-3-32-23-7-9-24(10-8-23)33(30,31)28-13-11-21(12-14-28)25(29)27-17-15-26(16-18-27)22-6-4-5-20(2)19-22/h4-10,19,21H,3,11-18H2,1-2H3. The third-order valence-corrected chi connectivity index (χ3v) is 8.45. The zero-order valence-electron chi connectivity index (χ0n) is 19.4. The highest BCUT2D eigenvalue weighted by molar-refractivity contribution is 7.89. The maximum atomic E-state index is 13.1. The third kappa shape index (κ3) is 5.33. The van der Waals surface area contributed by atoms with E-state index in [-0.39, 0.29) is 16.7 Å². The molecule has 0 radical (unpaired) electrons. The number of hydrogen-bond donors (Lipinski definition) is 0. The number of hydrogen-bond acceptors (Lipinski definition) is 5. The Hall–Kier alpha value is -2.58. The number of nitrogens with zero attached hydrogens (tertiary/aromatic N) is 3. The van der Waals surface area contributed by atoms with Crippen molar-refractivity contribution < 1.29 is 17.9 Å². The molecule has 2 heterocycles. The number of carbonyl (C=O) groups is 1. The van der Waals surface area contributed by atoms with E-state index in [0.29, 0.717) is 51.4 Å². The van der Waals surface area contributed by atoms with Crippen LogP contribution in [-0.2, 0) is 14.8 Å². The van der Waals surface area contributed by atoms with Crippen LogP contribution in [0.2, 0.25) is 0 Å². The summed E-state index contributed by atoms with van der Waals surface area (Å²) in [7, 11) is -3.56. The van der Waals surface area contributed by atoms with E-state index in [1.807, 2.05) is 11.8 Å². The fourth-order valence-electron chi connectivity index (χ4n) is 4.63. The lowest BCUT2D eigenvalue weighted by molar-refractivity contribution is -0.137. The predicted molar refractivity (Wildman–Crippen MR) is 129 cm³/mol. The zero-order chi connectivity index (χ0) is 23.4. The van der Waals surface area contributed by atoms with Gasteiger partial charge in [-0.3, -0.25) is 4.79 Å². The maximum Gasteiger partial charge on any atom is 0.243 e. The smallest absolute Gasteiger partial charge is 0.243 e. The van der Waals surface area contributed by atoms with Crippen LogP contribution in [0.1, 0.15) is 25.3 Å². The summed E-state index contributed by atoms with van der Waals surface area (Å²) in [6, 6.07) is 15.0. The molecule has 2 fully saturated rings. The molecule has 33 heavy (non-hydrogen) atoms. The van der Waals surface area contributed by atoms with Crippen molar-refractivity contribution in [2.24, 2.45) is 5.92 Å². The Morgan fingerprint density at radius 1 is 0.970 bits per heavy atom. The van der Waals surface area contributed by atoms with Gasteiger partial charge < -0.3 is 14.5 Å². The van der Waals surface area contributed by atoms with Gasteiger partial charge in [0.1, 0.15) is 5.75 Å². The van der Waals surface area contributed by atoms with E-state index in [2.05, 4.69) is 36.1 Å². The molecule has 8 heteroatoms. The SMILES string of the molecule is CCOc1ccc(S(=O)(=O)N2CCC(C(=O)N3CCN(c4cccc(C)c4)CC3)CC2)cc1.